The van der Waals surface area contributed by atoms with Crippen molar-refractivity contribution in [2.24, 2.45) is 17.6 Å². The lowest BCUT2D eigenvalue weighted by Crippen LogP contribution is -2.21. The predicted molar refractivity (Wildman–Crippen MR) is 60.9 cm³/mol. The van der Waals surface area contributed by atoms with Crippen molar-refractivity contribution in [3.63, 3.8) is 0 Å². The van der Waals surface area contributed by atoms with Crippen LogP contribution in [0.5, 0.6) is 6.08 Å². The van der Waals surface area contributed by atoms with Gasteiger partial charge in [0.1, 0.15) is 6.26 Å². The molecule has 1 aromatic rings. The van der Waals surface area contributed by atoms with Gasteiger partial charge in [-0.1, -0.05) is 19.1 Å². The Morgan fingerprint density at radius 1 is 1.50 bits per heavy atom. The number of ether oxygens (including phenoxy) is 1. The maximum atomic E-state index is 5.53. The third-order valence-electron chi connectivity index (χ3n) is 3.08. The first-order chi connectivity index (χ1) is 7.79. The van der Waals surface area contributed by atoms with Crippen molar-refractivity contribution in [2.45, 2.75) is 26.3 Å². The van der Waals surface area contributed by atoms with Gasteiger partial charge in [-0.15, -0.1) is 0 Å². The van der Waals surface area contributed by atoms with Gasteiger partial charge in [0.2, 0.25) is 0 Å². The number of hydrogen-bond acceptors (Lipinski definition) is 4. The molecule has 1 heterocycles. The minimum Gasteiger partial charge on any atom is -0.450 e. The van der Waals surface area contributed by atoms with Crippen LogP contribution in [0.15, 0.2) is 22.8 Å². The van der Waals surface area contributed by atoms with Crippen LogP contribution in [0, 0.1) is 11.8 Å². The van der Waals surface area contributed by atoms with E-state index in [-0.39, 0.29) is 0 Å². The van der Waals surface area contributed by atoms with E-state index in [0.29, 0.717) is 31.1 Å². The molecule has 2 N–H and O–H groups in total. The van der Waals surface area contributed by atoms with Gasteiger partial charge in [-0.05, 0) is 24.7 Å². The highest BCUT2D eigenvalue weighted by Crippen LogP contribution is 2.25. The Morgan fingerprint density at radius 3 is 3.00 bits per heavy atom. The van der Waals surface area contributed by atoms with Crippen LogP contribution in [0.3, 0.4) is 0 Å². The number of hydrogen-bond donors (Lipinski definition) is 1. The number of nitrogens with zero attached hydrogens (tertiary/aromatic N) is 1. The Kier molecular flexibility index (Phi) is 3.62. The van der Waals surface area contributed by atoms with Gasteiger partial charge >= 0.3 is 6.08 Å². The maximum absolute atomic E-state index is 5.53. The number of aromatic nitrogens is 1. The number of allylic oxidation sites excluding steroid dienone is 2. The summed E-state index contributed by atoms with van der Waals surface area (Å²) in [7, 11) is 0. The van der Waals surface area contributed by atoms with E-state index < -0.39 is 0 Å². The second kappa shape index (κ2) is 5.16. The Hall–Kier alpha value is -1.29. The van der Waals surface area contributed by atoms with Crippen LogP contribution >= 0.6 is 0 Å². The molecule has 4 heteroatoms. The van der Waals surface area contributed by atoms with Crippen molar-refractivity contribution >= 4 is 0 Å². The summed E-state index contributed by atoms with van der Waals surface area (Å²) in [6.45, 7) is 3.30. The van der Waals surface area contributed by atoms with Crippen LogP contribution in [-0.2, 0) is 6.54 Å². The first-order valence-electron chi connectivity index (χ1n) is 5.72. The fourth-order valence-corrected chi connectivity index (χ4v) is 1.87. The highest BCUT2D eigenvalue weighted by Gasteiger charge is 2.19. The molecule has 0 spiro atoms. The van der Waals surface area contributed by atoms with Crippen molar-refractivity contribution in [1.82, 2.24) is 4.98 Å². The number of oxazole rings is 1. The molecule has 0 fully saturated rings. The third-order valence-corrected chi connectivity index (χ3v) is 3.08. The Labute approximate surface area is 95.5 Å². The van der Waals surface area contributed by atoms with Crippen LogP contribution in [0.2, 0.25) is 0 Å². The van der Waals surface area contributed by atoms with Crippen LogP contribution in [0.25, 0.3) is 0 Å². The highest BCUT2D eigenvalue weighted by atomic mass is 16.6. The zero-order valence-electron chi connectivity index (χ0n) is 9.56. The molecule has 0 aliphatic heterocycles. The zero-order chi connectivity index (χ0) is 11.4. The highest BCUT2D eigenvalue weighted by molar-refractivity contribution is 4.99. The maximum Gasteiger partial charge on any atom is 0.393 e. The molecule has 2 rings (SSSR count). The minimum atomic E-state index is 0.335. The summed E-state index contributed by atoms with van der Waals surface area (Å²) >= 11 is 0. The summed E-state index contributed by atoms with van der Waals surface area (Å²) in [6.07, 6.45) is 8.54. The fraction of sp³-hybridized carbons (Fsp3) is 0.583. The van der Waals surface area contributed by atoms with E-state index in [1.807, 2.05) is 0 Å². The molecule has 0 radical (unpaired) electrons. The largest absolute Gasteiger partial charge is 0.450 e. The standard InChI is InChI=1S/C12H18N2O2/c1-9-4-2-3-5-10(9)7-15-12-14-11(6-13)8-16-12/h2-3,8-10H,4-7,13H2,1H3. The lowest BCUT2D eigenvalue weighted by atomic mass is 9.85. The van der Waals surface area contributed by atoms with Gasteiger partial charge in [0, 0.05) is 6.54 Å². The molecule has 4 nitrogen and oxygen atoms in total. The van der Waals surface area contributed by atoms with Gasteiger partial charge in [0.15, 0.2) is 0 Å². The lowest BCUT2D eigenvalue weighted by molar-refractivity contribution is 0.157. The molecule has 1 aliphatic rings. The molecule has 0 saturated carbocycles. The van der Waals surface area contributed by atoms with Crippen LogP contribution in [0.4, 0.5) is 0 Å². The quantitative estimate of drug-likeness (QED) is 0.793. The minimum absolute atomic E-state index is 0.335. The molecule has 0 aromatic carbocycles. The monoisotopic (exact) mass is 222 g/mol. The smallest absolute Gasteiger partial charge is 0.393 e. The van der Waals surface area contributed by atoms with Crippen LogP contribution in [0.1, 0.15) is 25.5 Å². The fourth-order valence-electron chi connectivity index (χ4n) is 1.87. The number of nitrogens with two attached hydrogens (primary N) is 1. The van der Waals surface area contributed by atoms with Crippen LogP contribution in [-0.4, -0.2) is 11.6 Å². The summed E-state index contributed by atoms with van der Waals surface area (Å²) in [5, 5.41) is 0. The number of rotatable bonds is 4. The molecule has 1 aliphatic carbocycles. The van der Waals surface area contributed by atoms with E-state index in [4.69, 9.17) is 14.9 Å². The zero-order valence-corrected chi connectivity index (χ0v) is 9.56. The second-order valence-electron chi connectivity index (χ2n) is 4.30. The molecule has 16 heavy (non-hydrogen) atoms. The third kappa shape index (κ3) is 2.64. The van der Waals surface area contributed by atoms with Crippen LogP contribution < -0.4 is 10.5 Å². The van der Waals surface area contributed by atoms with Gasteiger partial charge in [-0.25, -0.2) is 0 Å². The van der Waals surface area contributed by atoms with Gasteiger partial charge in [0.05, 0.1) is 12.3 Å². The SMILES string of the molecule is CC1CC=CCC1COc1nc(CN)co1. The Bertz CT molecular complexity index is 360. The molecule has 0 saturated heterocycles. The lowest BCUT2D eigenvalue weighted by Gasteiger charge is -2.24. The van der Waals surface area contributed by atoms with Gasteiger partial charge < -0.3 is 14.9 Å². The van der Waals surface area contributed by atoms with E-state index in [1.165, 1.54) is 0 Å². The van der Waals surface area contributed by atoms with Gasteiger partial charge in [0.25, 0.3) is 0 Å². The molecular weight excluding hydrogens is 204 g/mol. The molecule has 1 aromatic heterocycles. The van der Waals surface area contributed by atoms with Crippen molar-refractivity contribution < 1.29 is 9.15 Å². The van der Waals surface area contributed by atoms with E-state index in [0.717, 1.165) is 18.5 Å². The average Bonchev–Trinajstić information content (AvgIpc) is 2.76. The Balaban J connectivity index is 1.84. The summed E-state index contributed by atoms with van der Waals surface area (Å²) in [5.41, 5.74) is 6.17. The molecule has 0 amide bonds. The summed E-state index contributed by atoms with van der Waals surface area (Å²) in [4.78, 5) is 4.11. The van der Waals surface area contributed by atoms with E-state index >= 15 is 0 Å². The van der Waals surface area contributed by atoms with Crippen molar-refractivity contribution in [3.8, 4) is 6.08 Å². The summed E-state index contributed by atoms with van der Waals surface area (Å²) < 4.78 is 10.7. The second-order valence-corrected chi connectivity index (χ2v) is 4.30. The molecule has 88 valence electrons. The van der Waals surface area contributed by atoms with Crippen molar-refractivity contribution in [1.29, 1.82) is 0 Å². The normalized spacial score (nSPS) is 24.6. The first kappa shape index (κ1) is 11.2. The van der Waals surface area contributed by atoms with E-state index in [2.05, 4.69) is 24.1 Å². The molecule has 0 bridgehead atoms. The van der Waals surface area contributed by atoms with E-state index in [9.17, 15) is 0 Å². The van der Waals surface area contributed by atoms with Crippen molar-refractivity contribution in [2.75, 3.05) is 6.61 Å². The predicted octanol–water partition coefficient (Wildman–Crippen LogP) is 2.11. The first-order valence-corrected chi connectivity index (χ1v) is 5.72. The van der Waals surface area contributed by atoms with Crippen molar-refractivity contribution in [3.05, 3.63) is 24.1 Å². The molecular formula is C12H18N2O2. The Morgan fingerprint density at radius 2 is 2.31 bits per heavy atom. The summed E-state index contributed by atoms with van der Waals surface area (Å²) in [5.74, 6) is 1.21. The topological polar surface area (TPSA) is 61.3 Å². The average molecular weight is 222 g/mol. The van der Waals surface area contributed by atoms with E-state index in [1.54, 1.807) is 6.26 Å². The van der Waals surface area contributed by atoms with Gasteiger partial charge in [-0.3, -0.25) is 0 Å². The molecule has 2 unspecified atom stereocenters. The summed E-state index contributed by atoms with van der Waals surface area (Å²) in [6, 6.07) is 0. The molecule has 2 atom stereocenters. The van der Waals surface area contributed by atoms with Gasteiger partial charge in [-0.2, -0.15) is 4.98 Å².